The molecule has 2 aromatic rings. The number of rotatable bonds is 5. The average Bonchev–Trinajstić information content (AvgIpc) is 2.43. The largest absolute Gasteiger partial charge is 0.508 e. The number of aromatic hydroxyl groups is 1. The molecular weight excluding hydrogens is 252 g/mol. The number of hydrogen-bond acceptors (Lipinski definition) is 3. The van der Waals surface area contributed by atoms with Crippen LogP contribution in [0.25, 0.3) is 0 Å². The van der Waals surface area contributed by atoms with Crippen LogP contribution in [-0.4, -0.2) is 11.0 Å². The Labute approximate surface area is 118 Å². The predicted octanol–water partition coefficient (Wildman–Crippen LogP) is 2.94. The van der Waals surface area contributed by atoms with E-state index in [2.05, 4.69) is 17.4 Å². The lowest BCUT2D eigenvalue weighted by Gasteiger charge is -2.08. The van der Waals surface area contributed by atoms with E-state index < -0.39 is 0 Å². The van der Waals surface area contributed by atoms with Crippen molar-refractivity contribution in [2.24, 2.45) is 0 Å². The number of carbonyl (C=O) groups excluding carboxylic acids is 1. The second-order valence-electron chi connectivity index (χ2n) is 4.66. The highest BCUT2D eigenvalue weighted by molar-refractivity contribution is 5.93. The highest BCUT2D eigenvalue weighted by Crippen LogP contribution is 2.23. The zero-order valence-corrected chi connectivity index (χ0v) is 11.2. The second-order valence-corrected chi connectivity index (χ2v) is 4.66. The predicted molar refractivity (Wildman–Crippen MR) is 80.5 cm³/mol. The molecule has 0 saturated carbocycles. The first kappa shape index (κ1) is 13.9. The van der Waals surface area contributed by atoms with Crippen LogP contribution in [-0.2, 0) is 11.2 Å². The van der Waals surface area contributed by atoms with E-state index in [1.165, 1.54) is 17.7 Å². The van der Waals surface area contributed by atoms with E-state index in [0.717, 1.165) is 12.8 Å². The topological polar surface area (TPSA) is 75.3 Å². The number of benzene rings is 2. The molecule has 2 rings (SSSR count). The molecule has 0 aliphatic rings. The number of carbonyl (C=O) groups is 1. The number of nitrogens with two attached hydrogens (primary N) is 1. The summed E-state index contributed by atoms with van der Waals surface area (Å²) in [7, 11) is 0. The highest BCUT2D eigenvalue weighted by atomic mass is 16.3. The lowest BCUT2D eigenvalue weighted by Crippen LogP contribution is -2.12. The quantitative estimate of drug-likeness (QED) is 0.577. The molecular formula is C16H18N2O2. The lowest BCUT2D eigenvalue weighted by atomic mass is 10.1. The average molecular weight is 270 g/mol. The molecule has 4 nitrogen and oxygen atoms in total. The van der Waals surface area contributed by atoms with Crippen molar-refractivity contribution >= 4 is 17.3 Å². The van der Waals surface area contributed by atoms with Gasteiger partial charge in [0, 0.05) is 12.5 Å². The molecule has 2 aromatic carbocycles. The van der Waals surface area contributed by atoms with Gasteiger partial charge in [0.2, 0.25) is 5.91 Å². The fourth-order valence-corrected chi connectivity index (χ4v) is 1.97. The third-order valence-corrected chi connectivity index (χ3v) is 3.02. The van der Waals surface area contributed by atoms with Crippen molar-refractivity contribution in [1.29, 1.82) is 0 Å². The number of hydrogen-bond donors (Lipinski definition) is 3. The monoisotopic (exact) mass is 270 g/mol. The van der Waals surface area contributed by atoms with Crippen molar-refractivity contribution in [2.45, 2.75) is 19.3 Å². The molecule has 0 aliphatic heterocycles. The first-order chi connectivity index (χ1) is 9.65. The molecule has 0 saturated heterocycles. The Morgan fingerprint density at radius 3 is 2.60 bits per heavy atom. The van der Waals surface area contributed by atoms with Crippen molar-refractivity contribution < 1.29 is 9.90 Å². The van der Waals surface area contributed by atoms with Gasteiger partial charge in [-0.1, -0.05) is 30.3 Å². The van der Waals surface area contributed by atoms with Crippen molar-refractivity contribution in [3.05, 3.63) is 54.1 Å². The number of aryl methyl sites for hydroxylation is 1. The molecule has 0 bridgehead atoms. The van der Waals surface area contributed by atoms with Crippen molar-refractivity contribution in [2.75, 3.05) is 11.1 Å². The van der Waals surface area contributed by atoms with E-state index in [-0.39, 0.29) is 11.7 Å². The number of nitrogen functional groups attached to an aromatic ring is 1. The Morgan fingerprint density at radius 1 is 1.15 bits per heavy atom. The Kier molecular flexibility index (Phi) is 4.60. The standard InChI is InChI=1S/C16H18N2O2/c17-14-11-13(19)9-10-15(14)18-16(20)8-4-7-12-5-2-1-3-6-12/h1-3,5-6,9-11,19H,4,7-8,17H2,(H,18,20). The molecule has 0 fully saturated rings. The summed E-state index contributed by atoms with van der Waals surface area (Å²) < 4.78 is 0. The summed E-state index contributed by atoms with van der Waals surface area (Å²) in [6.45, 7) is 0. The second kappa shape index (κ2) is 6.61. The molecule has 104 valence electrons. The van der Waals surface area contributed by atoms with Crippen LogP contribution in [0.5, 0.6) is 5.75 Å². The van der Waals surface area contributed by atoms with E-state index in [9.17, 15) is 9.90 Å². The normalized spacial score (nSPS) is 10.2. The van der Waals surface area contributed by atoms with E-state index >= 15 is 0 Å². The molecule has 4 heteroatoms. The maximum absolute atomic E-state index is 11.8. The van der Waals surface area contributed by atoms with Crippen LogP contribution in [0.4, 0.5) is 11.4 Å². The number of nitrogens with one attached hydrogen (secondary N) is 1. The summed E-state index contributed by atoms with van der Waals surface area (Å²) in [5.74, 6) is 0.0166. The minimum absolute atomic E-state index is 0.0710. The van der Waals surface area contributed by atoms with Gasteiger partial charge >= 0.3 is 0 Å². The van der Waals surface area contributed by atoms with Gasteiger partial charge in [0.15, 0.2) is 0 Å². The van der Waals surface area contributed by atoms with Crippen LogP contribution < -0.4 is 11.1 Å². The molecule has 0 heterocycles. The van der Waals surface area contributed by atoms with Gasteiger partial charge in [-0.2, -0.15) is 0 Å². The molecule has 0 atom stereocenters. The molecule has 0 unspecified atom stereocenters. The van der Waals surface area contributed by atoms with Gasteiger partial charge in [-0.25, -0.2) is 0 Å². The Balaban J connectivity index is 1.81. The lowest BCUT2D eigenvalue weighted by molar-refractivity contribution is -0.116. The smallest absolute Gasteiger partial charge is 0.224 e. The molecule has 0 spiro atoms. The number of phenolic OH excluding ortho intramolecular Hbond substituents is 1. The van der Waals surface area contributed by atoms with Crippen LogP contribution in [0.3, 0.4) is 0 Å². The third kappa shape index (κ3) is 4.02. The summed E-state index contributed by atoms with van der Waals surface area (Å²) in [5.41, 5.74) is 7.84. The summed E-state index contributed by atoms with van der Waals surface area (Å²) >= 11 is 0. The molecule has 0 aromatic heterocycles. The van der Waals surface area contributed by atoms with Crippen molar-refractivity contribution in [3.63, 3.8) is 0 Å². The van der Waals surface area contributed by atoms with Crippen molar-refractivity contribution in [3.8, 4) is 5.75 Å². The van der Waals surface area contributed by atoms with Crippen LogP contribution in [0, 0.1) is 0 Å². The van der Waals surface area contributed by atoms with Gasteiger partial charge < -0.3 is 16.2 Å². The minimum Gasteiger partial charge on any atom is -0.508 e. The summed E-state index contributed by atoms with van der Waals surface area (Å²) in [6.07, 6.45) is 2.10. The zero-order valence-electron chi connectivity index (χ0n) is 11.2. The van der Waals surface area contributed by atoms with Gasteiger partial charge in [0.1, 0.15) is 5.75 Å². The number of amides is 1. The summed E-state index contributed by atoms with van der Waals surface area (Å²) in [6, 6.07) is 14.6. The van der Waals surface area contributed by atoms with Gasteiger partial charge in [-0.3, -0.25) is 4.79 Å². The molecule has 0 radical (unpaired) electrons. The van der Waals surface area contributed by atoms with Gasteiger partial charge in [-0.05, 0) is 30.5 Å². The summed E-state index contributed by atoms with van der Waals surface area (Å²) in [5, 5.41) is 12.0. The molecule has 1 amide bonds. The number of phenols is 1. The Morgan fingerprint density at radius 2 is 1.90 bits per heavy atom. The maximum atomic E-state index is 11.8. The van der Waals surface area contributed by atoms with Crippen LogP contribution in [0.2, 0.25) is 0 Å². The number of anilines is 2. The molecule has 20 heavy (non-hydrogen) atoms. The van der Waals surface area contributed by atoms with Crippen LogP contribution in [0.15, 0.2) is 48.5 Å². The van der Waals surface area contributed by atoms with Gasteiger partial charge in [0.05, 0.1) is 11.4 Å². The van der Waals surface area contributed by atoms with Crippen molar-refractivity contribution in [1.82, 2.24) is 0 Å². The van der Waals surface area contributed by atoms with Gasteiger partial charge in [0.25, 0.3) is 0 Å². The molecule has 0 aliphatic carbocycles. The Bertz CT molecular complexity index is 582. The van der Waals surface area contributed by atoms with E-state index in [1.54, 1.807) is 6.07 Å². The minimum atomic E-state index is -0.0710. The van der Waals surface area contributed by atoms with E-state index in [4.69, 9.17) is 5.73 Å². The van der Waals surface area contributed by atoms with Crippen LogP contribution in [0.1, 0.15) is 18.4 Å². The van der Waals surface area contributed by atoms with Crippen LogP contribution >= 0.6 is 0 Å². The fraction of sp³-hybridized carbons (Fsp3) is 0.188. The van der Waals surface area contributed by atoms with E-state index in [0.29, 0.717) is 17.8 Å². The molecule has 4 N–H and O–H groups in total. The first-order valence-corrected chi connectivity index (χ1v) is 6.57. The Hall–Kier alpha value is -2.49. The SMILES string of the molecule is Nc1cc(O)ccc1NC(=O)CCCc1ccccc1. The third-order valence-electron chi connectivity index (χ3n) is 3.02. The highest BCUT2D eigenvalue weighted by Gasteiger charge is 2.06. The first-order valence-electron chi connectivity index (χ1n) is 6.57. The van der Waals surface area contributed by atoms with E-state index in [1.807, 2.05) is 18.2 Å². The summed E-state index contributed by atoms with van der Waals surface area (Å²) in [4.78, 5) is 11.8. The fourth-order valence-electron chi connectivity index (χ4n) is 1.97. The van der Waals surface area contributed by atoms with Gasteiger partial charge in [-0.15, -0.1) is 0 Å². The maximum Gasteiger partial charge on any atom is 0.224 e. The zero-order chi connectivity index (χ0) is 14.4.